The zero-order valence-electron chi connectivity index (χ0n) is 12.5. The molecule has 1 aromatic rings. The van der Waals surface area contributed by atoms with E-state index in [1.165, 1.54) is 0 Å². The number of hydrogen-bond acceptors (Lipinski definition) is 3. The van der Waals surface area contributed by atoms with Gasteiger partial charge in [0, 0.05) is 18.8 Å². The molecule has 0 fully saturated rings. The first-order valence-electron chi connectivity index (χ1n) is 6.85. The molecule has 0 spiro atoms. The number of carboxylic acids is 1. The van der Waals surface area contributed by atoms with E-state index in [0.717, 1.165) is 24.6 Å². The maximum absolute atomic E-state index is 11.2. The van der Waals surface area contributed by atoms with Gasteiger partial charge in [0.1, 0.15) is 5.82 Å². The highest BCUT2D eigenvalue weighted by molar-refractivity contribution is 5.88. The smallest absolute Gasteiger partial charge is 0.335 e. The highest BCUT2D eigenvalue weighted by Crippen LogP contribution is 2.21. The molecule has 4 heteroatoms. The summed E-state index contributed by atoms with van der Waals surface area (Å²) in [4.78, 5) is 17.9. The normalized spacial score (nSPS) is 11.1. The van der Waals surface area contributed by atoms with E-state index >= 15 is 0 Å². The van der Waals surface area contributed by atoms with Gasteiger partial charge in [-0.05, 0) is 30.9 Å². The zero-order valence-corrected chi connectivity index (χ0v) is 12.5. The molecule has 0 radical (unpaired) electrons. The first-order chi connectivity index (χ1) is 8.85. The number of hydrogen-bond donors (Lipinski definition) is 1. The first kappa shape index (κ1) is 15.5. The van der Waals surface area contributed by atoms with E-state index in [9.17, 15) is 9.90 Å². The summed E-state index contributed by atoms with van der Waals surface area (Å²) >= 11 is 0. The fraction of sp³-hybridized carbons (Fsp3) is 0.600. The Hall–Kier alpha value is -1.58. The summed E-state index contributed by atoms with van der Waals surface area (Å²) in [5.74, 6) is 0.597. The van der Waals surface area contributed by atoms with Gasteiger partial charge < -0.3 is 10.0 Å². The highest BCUT2D eigenvalue weighted by Gasteiger charge is 2.15. The minimum Gasteiger partial charge on any atom is -0.478 e. The molecule has 0 bridgehead atoms. The summed E-state index contributed by atoms with van der Waals surface area (Å²) in [6.07, 6.45) is 0. The van der Waals surface area contributed by atoms with Gasteiger partial charge in [-0.15, -0.1) is 0 Å². The minimum absolute atomic E-state index is 0.218. The summed E-state index contributed by atoms with van der Waals surface area (Å²) in [5, 5.41) is 9.21. The lowest BCUT2D eigenvalue weighted by atomic mass is 10.1. The van der Waals surface area contributed by atoms with Crippen molar-refractivity contribution < 1.29 is 9.90 Å². The third-order valence-corrected chi connectivity index (χ3v) is 2.96. The monoisotopic (exact) mass is 264 g/mol. The summed E-state index contributed by atoms with van der Waals surface area (Å²) < 4.78 is 0. The van der Waals surface area contributed by atoms with Crippen molar-refractivity contribution in [1.82, 2.24) is 4.98 Å². The molecule has 19 heavy (non-hydrogen) atoms. The number of anilines is 1. The lowest BCUT2D eigenvalue weighted by Crippen LogP contribution is -2.28. The number of pyridine rings is 1. The van der Waals surface area contributed by atoms with E-state index in [4.69, 9.17) is 0 Å². The van der Waals surface area contributed by atoms with Crippen LogP contribution in [0.1, 0.15) is 56.6 Å². The Balaban J connectivity index is 3.20. The maximum Gasteiger partial charge on any atom is 0.335 e. The number of nitrogens with zero attached hydrogens (tertiary/aromatic N) is 2. The van der Waals surface area contributed by atoms with Crippen LogP contribution < -0.4 is 4.90 Å². The SMILES string of the molecule is CCN(CC(C)C)c1cc(C(=O)O)cc(C(C)C)n1. The van der Waals surface area contributed by atoms with Gasteiger partial charge in [-0.3, -0.25) is 0 Å². The van der Waals surface area contributed by atoms with Crippen molar-refractivity contribution in [3.8, 4) is 0 Å². The number of carboxylic acid groups (broad SMARTS) is 1. The Labute approximate surface area is 115 Å². The first-order valence-corrected chi connectivity index (χ1v) is 6.85. The zero-order chi connectivity index (χ0) is 14.6. The molecule has 0 atom stereocenters. The summed E-state index contributed by atoms with van der Waals surface area (Å²) in [6, 6.07) is 3.33. The van der Waals surface area contributed by atoms with E-state index in [1.807, 2.05) is 13.8 Å². The number of rotatable bonds is 6. The Morgan fingerprint density at radius 3 is 2.37 bits per heavy atom. The number of carbonyl (C=O) groups is 1. The molecule has 0 aromatic carbocycles. The van der Waals surface area contributed by atoms with E-state index < -0.39 is 5.97 Å². The number of aromatic nitrogens is 1. The summed E-state index contributed by atoms with van der Waals surface area (Å²) in [5.41, 5.74) is 1.15. The van der Waals surface area contributed by atoms with Crippen LogP contribution >= 0.6 is 0 Å². The average Bonchev–Trinajstić information content (AvgIpc) is 2.34. The van der Waals surface area contributed by atoms with Gasteiger partial charge in [0.2, 0.25) is 0 Å². The predicted octanol–water partition coefficient (Wildman–Crippen LogP) is 3.39. The van der Waals surface area contributed by atoms with E-state index in [1.54, 1.807) is 12.1 Å². The molecule has 1 rings (SSSR count). The minimum atomic E-state index is -0.897. The lowest BCUT2D eigenvalue weighted by molar-refractivity contribution is 0.0696. The van der Waals surface area contributed by atoms with E-state index in [0.29, 0.717) is 11.5 Å². The fourth-order valence-corrected chi connectivity index (χ4v) is 1.94. The summed E-state index contributed by atoms with van der Waals surface area (Å²) in [7, 11) is 0. The number of aromatic carboxylic acids is 1. The Kier molecular flexibility index (Phi) is 5.33. The Bertz CT molecular complexity index is 442. The van der Waals surface area contributed by atoms with Crippen molar-refractivity contribution in [3.05, 3.63) is 23.4 Å². The van der Waals surface area contributed by atoms with Gasteiger partial charge >= 0.3 is 5.97 Å². The van der Waals surface area contributed by atoms with Gasteiger partial charge in [0.05, 0.1) is 5.56 Å². The molecule has 0 saturated heterocycles. The lowest BCUT2D eigenvalue weighted by Gasteiger charge is -2.25. The fourth-order valence-electron chi connectivity index (χ4n) is 1.94. The summed E-state index contributed by atoms with van der Waals surface area (Å²) in [6.45, 7) is 12.1. The van der Waals surface area contributed by atoms with Crippen LogP contribution in [0.4, 0.5) is 5.82 Å². The van der Waals surface area contributed by atoms with Gasteiger partial charge in [0.15, 0.2) is 0 Å². The second kappa shape index (κ2) is 6.55. The van der Waals surface area contributed by atoms with Crippen molar-refractivity contribution in [2.45, 2.75) is 40.5 Å². The van der Waals surface area contributed by atoms with Crippen molar-refractivity contribution in [2.75, 3.05) is 18.0 Å². The van der Waals surface area contributed by atoms with E-state index in [2.05, 4.69) is 30.7 Å². The van der Waals surface area contributed by atoms with Crippen LogP contribution in [0.25, 0.3) is 0 Å². The van der Waals surface area contributed by atoms with Crippen LogP contribution in [0.3, 0.4) is 0 Å². The molecule has 0 saturated carbocycles. The van der Waals surface area contributed by atoms with Crippen molar-refractivity contribution >= 4 is 11.8 Å². The predicted molar refractivity (Wildman–Crippen MR) is 78.0 cm³/mol. The maximum atomic E-state index is 11.2. The third kappa shape index (κ3) is 4.23. The van der Waals surface area contributed by atoms with Crippen LogP contribution in [0.5, 0.6) is 0 Å². The van der Waals surface area contributed by atoms with Gasteiger partial charge in [-0.25, -0.2) is 9.78 Å². The van der Waals surface area contributed by atoms with Crippen molar-refractivity contribution in [3.63, 3.8) is 0 Å². The molecular formula is C15H24N2O2. The average molecular weight is 264 g/mol. The quantitative estimate of drug-likeness (QED) is 0.855. The Morgan fingerprint density at radius 1 is 1.32 bits per heavy atom. The molecule has 0 aliphatic carbocycles. The van der Waals surface area contributed by atoms with Gasteiger partial charge in [-0.1, -0.05) is 27.7 Å². The van der Waals surface area contributed by atoms with Crippen LogP contribution in [0.2, 0.25) is 0 Å². The third-order valence-electron chi connectivity index (χ3n) is 2.96. The molecule has 0 aliphatic heterocycles. The largest absolute Gasteiger partial charge is 0.478 e. The second-order valence-corrected chi connectivity index (χ2v) is 5.53. The van der Waals surface area contributed by atoms with Crippen LogP contribution in [0.15, 0.2) is 12.1 Å². The molecule has 0 unspecified atom stereocenters. The molecule has 4 nitrogen and oxygen atoms in total. The van der Waals surface area contributed by atoms with Crippen LogP contribution in [0, 0.1) is 5.92 Å². The second-order valence-electron chi connectivity index (χ2n) is 5.53. The highest BCUT2D eigenvalue weighted by atomic mass is 16.4. The van der Waals surface area contributed by atoms with Crippen LogP contribution in [-0.2, 0) is 0 Å². The van der Waals surface area contributed by atoms with Gasteiger partial charge in [-0.2, -0.15) is 0 Å². The van der Waals surface area contributed by atoms with Crippen molar-refractivity contribution in [2.24, 2.45) is 5.92 Å². The van der Waals surface area contributed by atoms with E-state index in [-0.39, 0.29) is 5.92 Å². The molecule has 1 N–H and O–H groups in total. The topological polar surface area (TPSA) is 53.4 Å². The molecule has 1 aromatic heterocycles. The standard InChI is InChI=1S/C15H24N2O2/c1-6-17(9-10(2)3)14-8-12(15(18)19)7-13(16-14)11(4)5/h7-8,10-11H,6,9H2,1-5H3,(H,18,19). The molecule has 0 aliphatic rings. The molecule has 1 heterocycles. The molecular weight excluding hydrogens is 240 g/mol. The Morgan fingerprint density at radius 2 is 1.95 bits per heavy atom. The molecule has 106 valence electrons. The van der Waals surface area contributed by atoms with Crippen molar-refractivity contribution in [1.29, 1.82) is 0 Å². The molecule has 0 amide bonds. The van der Waals surface area contributed by atoms with Gasteiger partial charge in [0.25, 0.3) is 0 Å². The van der Waals surface area contributed by atoms with Crippen LogP contribution in [-0.4, -0.2) is 29.1 Å².